The summed E-state index contributed by atoms with van der Waals surface area (Å²) >= 11 is 0. The van der Waals surface area contributed by atoms with Gasteiger partial charge in [-0.1, -0.05) is 61.9 Å². The Hall–Kier alpha value is -3.35. The third kappa shape index (κ3) is 5.05. The van der Waals surface area contributed by atoms with E-state index in [2.05, 4.69) is 29.8 Å². The average molecular weight is 423 g/mol. The number of carbonyl (C=O) groups is 3. The van der Waals surface area contributed by atoms with Crippen molar-refractivity contribution in [2.45, 2.75) is 39.3 Å². The van der Waals surface area contributed by atoms with Crippen molar-refractivity contribution in [3.05, 3.63) is 65.7 Å². The maximum absolute atomic E-state index is 13.0. The van der Waals surface area contributed by atoms with Crippen molar-refractivity contribution < 1.29 is 14.4 Å². The molecule has 1 saturated heterocycles. The molecule has 2 aromatic rings. The zero-order chi connectivity index (χ0) is 22.6. The maximum atomic E-state index is 13.0. The Morgan fingerprint density at radius 3 is 2.32 bits per heavy atom. The number of urea groups is 1. The van der Waals surface area contributed by atoms with E-state index < -0.39 is 17.5 Å². The Morgan fingerprint density at radius 1 is 1.06 bits per heavy atom. The number of nitrogens with one attached hydrogen (secondary N) is 3. The van der Waals surface area contributed by atoms with E-state index in [0.29, 0.717) is 12.1 Å². The summed E-state index contributed by atoms with van der Waals surface area (Å²) in [6.07, 6.45) is 0. The predicted molar refractivity (Wildman–Crippen MR) is 120 cm³/mol. The fourth-order valence-corrected chi connectivity index (χ4v) is 3.55. The molecule has 1 aliphatic heterocycles. The van der Waals surface area contributed by atoms with Crippen LogP contribution in [0.5, 0.6) is 0 Å². The molecular formula is C24H30N4O3. The summed E-state index contributed by atoms with van der Waals surface area (Å²) in [5.41, 5.74) is 1.54. The molecule has 1 aliphatic rings. The molecule has 2 atom stereocenters. The number of nitrogens with zero attached hydrogens (tertiary/aromatic N) is 1. The van der Waals surface area contributed by atoms with Gasteiger partial charge in [0.25, 0.3) is 5.91 Å². The van der Waals surface area contributed by atoms with Crippen LogP contribution < -0.4 is 16.0 Å². The third-order valence-corrected chi connectivity index (χ3v) is 5.66. The van der Waals surface area contributed by atoms with Gasteiger partial charge in [0.05, 0.1) is 0 Å². The average Bonchev–Trinajstić information content (AvgIpc) is 2.96. The Kier molecular flexibility index (Phi) is 6.63. The van der Waals surface area contributed by atoms with Crippen molar-refractivity contribution in [2.75, 3.05) is 18.4 Å². The second-order valence-electron chi connectivity index (χ2n) is 8.48. The normalized spacial score (nSPS) is 19.3. The molecule has 2 unspecified atom stereocenters. The van der Waals surface area contributed by atoms with Gasteiger partial charge in [-0.3, -0.25) is 14.5 Å². The first-order valence-electron chi connectivity index (χ1n) is 10.5. The Bertz CT molecular complexity index is 943. The van der Waals surface area contributed by atoms with Gasteiger partial charge in [-0.25, -0.2) is 4.79 Å². The summed E-state index contributed by atoms with van der Waals surface area (Å²) in [6, 6.07) is 16.6. The first kappa shape index (κ1) is 22.3. The molecule has 1 heterocycles. The maximum Gasteiger partial charge on any atom is 0.325 e. The Morgan fingerprint density at radius 2 is 1.71 bits per heavy atom. The molecule has 4 amide bonds. The van der Waals surface area contributed by atoms with Crippen LogP contribution in [-0.2, 0) is 15.1 Å². The summed E-state index contributed by atoms with van der Waals surface area (Å²) in [4.78, 5) is 39.0. The second kappa shape index (κ2) is 9.20. The molecule has 3 rings (SSSR count). The van der Waals surface area contributed by atoms with Crippen molar-refractivity contribution in [2.24, 2.45) is 5.92 Å². The Labute approximate surface area is 183 Å². The van der Waals surface area contributed by atoms with Gasteiger partial charge < -0.3 is 16.0 Å². The van der Waals surface area contributed by atoms with E-state index in [0.717, 1.165) is 16.2 Å². The molecule has 0 saturated carbocycles. The quantitative estimate of drug-likeness (QED) is 0.571. The number of rotatable bonds is 8. The zero-order valence-electron chi connectivity index (χ0n) is 18.4. The number of anilines is 1. The van der Waals surface area contributed by atoms with Crippen LogP contribution in [0, 0.1) is 12.8 Å². The number of hydrogen-bond acceptors (Lipinski definition) is 4. The van der Waals surface area contributed by atoms with Crippen LogP contribution in [0.4, 0.5) is 10.5 Å². The van der Waals surface area contributed by atoms with Crippen LogP contribution in [0.25, 0.3) is 0 Å². The number of carbonyl (C=O) groups excluding carboxylic acids is 3. The molecule has 2 aromatic carbocycles. The highest BCUT2D eigenvalue weighted by Gasteiger charge is 2.49. The molecule has 1 fully saturated rings. The zero-order valence-corrected chi connectivity index (χ0v) is 18.4. The lowest BCUT2D eigenvalue weighted by Crippen LogP contribution is -2.46. The first-order chi connectivity index (χ1) is 14.7. The monoisotopic (exact) mass is 422 g/mol. The summed E-state index contributed by atoms with van der Waals surface area (Å²) in [6.45, 7) is 7.81. The highest BCUT2D eigenvalue weighted by atomic mass is 16.2. The van der Waals surface area contributed by atoms with E-state index in [1.807, 2.05) is 61.5 Å². The van der Waals surface area contributed by atoms with Crippen LogP contribution in [-0.4, -0.2) is 41.9 Å². The molecule has 7 nitrogen and oxygen atoms in total. The topological polar surface area (TPSA) is 90.5 Å². The van der Waals surface area contributed by atoms with Gasteiger partial charge in [-0.05, 0) is 37.5 Å². The molecular weight excluding hydrogens is 392 g/mol. The van der Waals surface area contributed by atoms with Gasteiger partial charge in [0.15, 0.2) is 0 Å². The van der Waals surface area contributed by atoms with Crippen molar-refractivity contribution in [1.82, 2.24) is 15.5 Å². The minimum absolute atomic E-state index is 0.00674. The number of benzene rings is 2. The van der Waals surface area contributed by atoms with Crippen LogP contribution in [0.15, 0.2) is 54.6 Å². The van der Waals surface area contributed by atoms with Gasteiger partial charge in [0.1, 0.15) is 12.1 Å². The van der Waals surface area contributed by atoms with Gasteiger partial charge >= 0.3 is 6.03 Å². The van der Waals surface area contributed by atoms with Crippen LogP contribution in [0.3, 0.4) is 0 Å². The SMILES string of the molecule is Cc1ccc(C2(C)NC(=O)N(CC(=O)NCC(Nc3ccccc3)C(C)C)C2=O)cc1. The molecule has 31 heavy (non-hydrogen) atoms. The highest BCUT2D eigenvalue weighted by molar-refractivity contribution is 6.09. The van der Waals surface area contributed by atoms with E-state index in [-0.39, 0.29) is 24.4 Å². The number of imide groups is 1. The molecule has 0 bridgehead atoms. The van der Waals surface area contributed by atoms with Crippen molar-refractivity contribution in [3.63, 3.8) is 0 Å². The van der Waals surface area contributed by atoms with E-state index in [4.69, 9.17) is 0 Å². The summed E-state index contributed by atoms with van der Waals surface area (Å²) in [5.74, 6) is -0.543. The summed E-state index contributed by atoms with van der Waals surface area (Å²) in [5, 5.41) is 8.99. The third-order valence-electron chi connectivity index (χ3n) is 5.66. The van der Waals surface area contributed by atoms with Gasteiger partial charge in [0, 0.05) is 18.3 Å². The van der Waals surface area contributed by atoms with E-state index in [9.17, 15) is 14.4 Å². The van der Waals surface area contributed by atoms with Crippen molar-refractivity contribution in [3.8, 4) is 0 Å². The minimum atomic E-state index is -1.18. The second-order valence-corrected chi connectivity index (χ2v) is 8.48. The van der Waals surface area contributed by atoms with E-state index >= 15 is 0 Å². The molecule has 164 valence electrons. The van der Waals surface area contributed by atoms with Crippen molar-refractivity contribution in [1.29, 1.82) is 0 Å². The van der Waals surface area contributed by atoms with Gasteiger partial charge in [0.2, 0.25) is 5.91 Å². The number of hydrogen-bond donors (Lipinski definition) is 3. The fourth-order valence-electron chi connectivity index (χ4n) is 3.55. The molecule has 0 spiro atoms. The van der Waals surface area contributed by atoms with Crippen LogP contribution >= 0.6 is 0 Å². The molecule has 7 heteroatoms. The minimum Gasteiger partial charge on any atom is -0.380 e. The Balaban J connectivity index is 1.61. The van der Waals surface area contributed by atoms with Gasteiger partial charge in [-0.15, -0.1) is 0 Å². The lowest BCUT2D eigenvalue weighted by Gasteiger charge is -2.25. The lowest BCUT2D eigenvalue weighted by molar-refractivity contribution is -0.134. The van der Waals surface area contributed by atoms with Crippen molar-refractivity contribution >= 4 is 23.5 Å². The molecule has 0 aliphatic carbocycles. The number of amides is 4. The molecule has 3 N–H and O–H groups in total. The fraction of sp³-hybridized carbons (Fsp3) is 0.375. The first-order valence-corrected chi connectivity index (χ1v) is 10.5. The van der Waals surface area contributed by atoms with E-state index in [1.165, 1.54) is 0 Å². The number of para-hydroxylation sites is 1. The van der Waals surface area contributed by atoms with Gasteiger partial charge in [-0.2, -0.15) is 0 Å². The van der Waals surface area contributed by atoms with E-state index in [1.54, 1.807) is 6.92 Å². The standard InChI is InChI=1S/C24H30N4O3/c1-16(2)20(26-19-8-6-5-7-9-19)14-25-21(29)15-28-22(30)24(4,27-23(28)31)18-12-10-17(3)11-13-18/h5-13,16,20,26H,14-15H2,1-4H3,(H,25,29)(H,27,31). The summed E-state index contributed by atoms with van der Waals surface area (Å²) < 4.78 is 0. The summed E-state index contributed by atoms with van der Waals surface area (Å²) in [7, 11) is 0. The largest absolute Gasteiger partial charge is 0.380 e. The highest BCUT2D eigenvalue weighted by Crippen LogP contribution is 2.28. The number of aryl methyl sites for hydroxylation is 1. The van der Waals surface area contributed by atoms with Crippen LogP contribution in [0.1, 0.15) is 31.9 Å². The predicted octanol–water partition coefficient (Wildman–Crippen LogP) is 3.01. The molecule has 0 aromatic heterocycles. The lowest BCUT2D eigenvalue weighted by atomic mass is 9.91. The smallest absolute Gasteiger partial charge is 0.325 e. The molecule has 0 radical (unpaired) electrons. The van der Waals surface area contributed by atoms with Crippen LogP contribution in [0.2, 0.25) is 0 Å².